The number of aryl methyl sites for hydroxylation is 1. The highest BCUT2D eigenvalue weighted by Crippen LogP contribution is 2.28. The van der Waals surface area contributed by atoms with Crippen molar-refractivity contribution in [3.05, 3.63) is 83.2 Å². The lowest BCUT2D eigenvalue weighted by Gasteiger charge is -2.18. The van der Waals surface area contributed by atoms with Crippen LogP contribution in [0.1, 0.15) is 33.2 Å². The molecule has 1 heterocycles. The molecule has 0 saturated carbocycles. The molecule has 1 amide bonds. The number of alkyl halides is 3. The van der Waals surface area contributed by atoms with Gasteiger partial charge in [0.2, 0.25) is 0 Å². The number of amides is 1. The van der Waals surface area contributed by atoms with Gasteiger partial charge in [-0.3, -0.25) is 9.78 Å². The molecule has 2 aromatic carbocycles. The normalized spacial score (nSPS) is 12.9. The van der Waals surface area contributed by atoms with Gasteiger partial charge >= 0.3 is 6.18 Å². The number of aliphatic hydroxyl groups excluding tert-OH is 1. The third-order valence-corrected chi connectivity index (χ3v) is 6.04. The van der Waals surface area contributed by atoms with Crippen LogP contribution in [0.4, 0.5) is 13.2 Å². The van der Waals surface area contributed by atoms with Crippen molar-refractivity contribution in [2.75, 3.05) is 12.9 Å². The summed E-state index contributed by atoms with van der Waals surface area (Å²) in [5.74, 6) is -0.701. The molecular weight excluding hydrogens is 457 g/mol. The molecule has 0 unspecified atom stereocenters. The molecule has 1 atom stereocenters. The van der Waals surface area contributed by atoms with E-state index in [1.54, 1.807) is 12.1 Å². The Bertz CT molecular complexity index is 1260. The molecule has 0 fully saturated rings. The average molecular weight is 478 g/mol. The molecule has 0 saturated heterocycles. The Labute approximate surface area is 189 Å². The standard InChI is InChI=1S/C23H21F3N2O4S/c1-14-3-5-15(6-4-14)17-9-18(11-19(10-17)33(2,31)32)22(30)28-20(13-29)16-7-8-21(27-12-16)23(24,25)26/h3-12,20,29H,13H2,1-2H3,(H,28,30)/t20-/m1/s1. The van der Waals surface area contributed by atoms with Gasteiger partial charge in [0, 0.05) is 18.0 Å². The van der Waals surface area contributed by atoms with Crippen LogP contribution in [0.2, 0.25) is 0 Å². The minimum atomic E-state index is -4.62. The van der Waals surface area contributed by atoms with Gasteiger partial charge in [0.1, 0.15) is 5.69 Å². The van der Waals surface area contributed by atoms with E-state index < -0.39 is 40.3 Å². The van der Waals surface area contributed by atoms with Crippen molar-refractivity contribution in [3.63, 3.8) is 0 Å². The molecule has 3 aromatic rings. The summed E-state index contributed by atoms with van der Waals surface area (Å²) < 4.78 is 62.6. The molecule has 0 bridgehead atoms. The fraction of sp³-hybridized carbons (Fsp3) is 0.217. The zero-order valence-electron chi connectivity index (χ0n) is 17.7. The molecule has 0 aliphatic carbocycles. The molecule has 6 nitrogen and oxygen atoms in total. The van der Waals surface area contributed by atoms with Crippen LogP contribution in [0.15, 0.2) is 65.7 Å². The lowest BCUT2D eigenvalue weighted by Crippen LogP contribution is -2.31. The molecule has 3 rings (SSSR count). The number of aliphatic hydroxyl groups is 1. The van der Waals surface area contributed by atoms with E-state index in [1.807, 2.05) is 19.1 Å². The maximum atomic E-state index is 12.9. The zero-order chi connectivity index (χ0) is 24.4. The summed E-state index contributed by atoms with van der Waals surface area (Å²) in [6, 6.07) is 12.3. The Morgan fingerprint density at radius 3 is 2.24 bits per heavy atom. The number of hydrogen-bond donors (Lipinski definition) is 2. The van der Waals surface area contributed by atoms with E-state index in [4.69, 9.17) is 0 Å². The Morgan fingerprint density at radius 2 is 1.73 bits per heavy atom. The largest absolute Gasteiger partial charge is 0.433 e. The van der Waals surface area contributed by atoms with Crippen molar-refractivity contribution in [3.8, 4) is 11.1 Å². The zero-order valence-corrected chi connectivity index (χ0v) is 18.5. The van der Waals surface area contributed by atoms with Gasteiger partial charge in [-0.15, -0.1) is 0 Å². The van der Waals surface area contributed by atoms with Gasteiger partial charge in [0.25, 0.3) is 5.91 Å². The van der Waals surface area contributed by atoms with Crippen LogP contribution in [0.5, 0.6) is 0 Å². The summed E-state index contributed by atoms with van der Waals surface area (Å²) in [5, 5.41) is 12.2. The molecule has 10 heteroatoms. The highest BCUT2D eigenvalue weighted by atomic mass is 32.2. The second-order valence-electron chi connectivity index (χ2n) is 7.57. The molecule has 0 aliphatic heterocycles. The summed E-state index contributed by atoms with van der Waals surface area (Å²) in [5.41, 5.74) is 1.29. The lowest BCUT2D eigenvalue weighted by atomic mass is 10.0. The smallest absolute Gasteiger partial charge is 0.394 e. The number of benzene rings is 2. The molecule has 1 aromatic heterocycles. The van der Waals surface area contributed by atoms with Crippen LogP contribution < -0.4 is 5.32 Å². The van der Waals surface area contributed by atoms with E-state index in [0.29, 0.717) is 11.1 Å². The third-order valence-electron chi connectivity index (χ3n) is 4.95. The van der Waals surface area contributed by atoms with E-state index in [-0.39, 0.29) is 16.0 Å². The average Bonchev–Trinajstić information content (AvgIpc) is 2.76. The number of aromatic nitrogens is 1. The van der Waals surface area contributed by atoms with Crippen molar-refractivity contribution < 1.29 is 31.5 Å². The van der Waals surface area contributed by atoms with Gasteiger partial charge in [-0.2, -0.15) is 13.2 Å². The predicted octanol–water partition coefficient (Wildman–Crippen LogP) is 3.94. The maximum Gasteiger partial charge on any atom is 0.433 e. The van der Waals surface area contributed by atoms with Crippen LogP contribution in [0.3, 0.4) is 0 Å². The van der Waals surface area contributed by atoms with Crippen LogP contribution in [-0.4, -0.2) is 37.3 Å². The molecule has 2 N–H and O–H groups in total. The highest BCUT2D eigenvalue weighted by molar-refractivity contribution is 7.90. The summed E-state index contributed by atoms with van der Waals surface area (Å²) in [6.07, 6.45) is -2.67. The van der Waals surface area contributed by atoms with Crippen molar-refractivity contribution in [1.82, 2.24) is 10.3 Å². The van der Waals surface area contributed by atoms with Crippen LogP contribution in [0.25, 0.3) is 11.1 Å². The molecular formula is C23H21F3N2O4S. The number of carbonyl (C=O) groups is 1. The Morgan fingerprint density at radius 1 is 1.06 bits per heavy atom. The Balaban J connectivity index is 1.94. The number of nitrogens with one attached hydrogen (secondary N) is 1. The van der Waals surface area contributed by atoms with Gasteiger partial charge in [0.15, 0.2) is 9.84 Å². The number of carbonyl (C=O) groups excluding carboxylic acids is 1. The lowest BCUT2D eigenvalue weighted by molar-refractivity contribution is -0.141. The van der Waals surface area contributed by atoms with Crippen LogP contribution in [-0.2, 0) is 16.0 Å². The van der Waals surface area contributed by atoms with Crippen LogP contribution >= 0.6 is 0 Å². The Kier molecular flexibility index (Phi) is 6.89. The predicted molar refractivity (Wildman–Crippen MR) is 116 cm³/mol. The van der Waals surface area contributed by atoms with Gasteiger partial charge in [0.05, 0.1) is 17.5 Å². The van der Waals surface area contributed by atoms with Crippen molar-refractivity contribution in [2.24, 2.45) is 0 Å². The second-order valence-corrected chi connectivity index (χ2v) is 9.58. The molecule has 33 heavy (non-hydrogen) atoms. The van der Waals surface area contributed by atoms with Gasteiger partial charge in [-0.25, -0.2) is 8.42 Å². The molecule has 174 valence electrons. The quantitative estimate of drug-likeness (QED) is 0.560. The van der Waals surface area contributed by atoms with E-state index in [9.17, 15) is 31.5 Å². The minimum Gasteiger partial charge on any atom is -0.394 e. The number of hydrogen-bond acceptors (Lipinski definition) is 5. The first-order valence-corrected chi connectivity index (χ1v) is 11.6. The van der Waals surface area contributed by atoms with E-state index in [2.05, 4.69) is 10.3 Å². The molecule has 0 spiro atoms. The van der Waals surface area contributed by atoms with Gasteiger partial charge in [-0.05, 0) is 47.9 Å². The Hall–Kier alpha value is -3.24. The first kappa shape index (κ1) is 24.4. The topological polar surface area (TPSA) is 96.4 Å². The van der Waals surface area contributed by atoms with Crippen molar-refractivity contribution >= 4 is 15.7 Å². The summed E-state index contributed by atoms with van der Waals surface area (Å²) >= 11 is 0. The van der Waals surface area contributed by atoms with Gasteiger partial charge in [-0.1, -0.05) is 35.9 Å². The van der Waals surface area contributed by atoms with E-state index in [0.717, 1.165) is 30.1 Å². The van der Waals surface area contributed by atoms with Crippen molar-refractivity contribution in [1.29, 1.82) is 0 Å². The number of sulfone groups is 1. The number of pyridine rings is 1. The fourth-order valence-corrected chi connectivity index (χ4v) is 3.79. The monoisotopic (exact) mass is 478 g/mol. The summed E-state index contributed by atoms with van der Waals surface area (Å²) in [7, 11) is -3.65. The minimum absolute atomic E-state index is 0.0202. The maximum absolute atomic E-state index is 12.9. The third kappa shape index (κ3) is 5.96. The molecule has 0 aliphatic rings. The first-order chi connectivity index (χ1) is 15.4. The first-order valence-electron chi connectivity index (χ1n) is 9.75. The molecule has 0 radical (unpaired) electrons. The van der Waals surface area contributed by atoms with E-state index in [1.165, 1.54) is 18.2 Å². The SMILES string of the molecule is Cc1ccc(-c2cc(C(=O)N[C@H](CO)c3ccc(C(F)(F)F)nc3)cc(S(C)(=O)=O)c2)cc1. The highest BCUT2D eigenvalue weighted by Gasteiger charge is 2.32. The number of nitrogens with zero attached hydrogens (tertiary/aromatic N) is 1. The van der Waals surface area contributed by atoms with E-state index >= 15 is 0 Å². The van der Waals surface area contributed by atoms with Crippen LogP contribution in [0, 0.1) is 6.92 Å². The van der Waals surface area contributed by atoms with Gasteiger partial charge < -0.3 is 10.4 Å². The fourth-order valence-electron chi connectivity index (χ4n) is 3.11. The second kappa shape index (κ2) is 9.32. The summed E-state index contributed by atoms with van der Waals surface area (Å²) in [6.45, 7) is 1.30. The number of rotatable bonds is 6. The van der Waals surface area contributed by atoms with Crippen molar-refractivity contribution in [2.45, 2.75) is 24.0 Å². The summed E-state index contributed by atoms with van der Waals surface area (Å²) in [4.78, 5) is 16.2. The number of halogens is 3.